The van der Waals surface area contributed by atoms with Gasteiger partial charge in [0.15, 0.2) is 0 Å². The van der Waals surface area contributed by atoms with Gasteiger partial charge in [0.05, 0.1) is 0 Å². The molecular weight excluding hydrogens is 216 g/mol. The summed E-state index contributed by atoms with van der Waals surface area (Å²) in [6.07, 6.45) is 2.15. The maximum atomic E-state index is 5.63. The van der Waals surface area contributed by atoms with Crippen LogP contribution in [0.5, 0.6) is 0 Å². The summed E-state index contributed by atoms with van der Waals surface area (Å²) in [7, 11) is 0. The summed E-state index contributed by atoms with van der Waals surface area (Å²) in [5.41, 5.74) is 4.68. The Hall–Kier alpha value is -0.380. The van der Waals surface area contributed by atoms with Crippen LogP contribution in [0.2, 0.25) is 0 Å². The number of thiophene rings is 1. The molecule has 0 aliphatic rings. The SMILES string of the molecule is CC(CC(Cc1ccsc1)NN)C(C)(C)C. The summed E-state index contributed by atoms with van der Waals surface area (Å²) >= 11 is 1.75. The molecule has 0 saturated heterocycles. The minimum Gasteiger partial charge on any atom is -0.271 e. The summed E-state index contributed by atoms with van der Waals surface area (Å²) in [5, 5.41) is 4.32. The lowest BCUT2D eigenvalue weighted by Gasteiger charge is -2.30. The van der Waals surface area contributed by atoms with Crippen LogP contribution in [-0.4, -0.2) is 6.04 Å². The third-order valence-corrected chi connectivity index (χ3v) is 4.15. The third kappa shape index (κ3) is 4.24. The minimum atomic E-state index is 0.351. The predicted molar refractivity (Wildman–Crippen MR) is 72.4 cm³/mol. The van der Waals surface area contributed by atoms with E-state index >= 15 is 0 Å². The van der Waals surface area contributed by atoms with Crippen LogP contribution in [0.4, 0.5) is 0 Å². The second kappa shape index (κ2) is 5.80. The molecule has 0 radical (unpaired) electrons. The summed E-state index contributed by atoms with van der Waals surface area (Å²) < 4.78 is 0. The third-order valence-electron chi connectivity index (χ3n) is 3.41. The van der Waals surface area contributed by atoms with E-state index in [-0.39, 0.29) is 0 Å². The average Bonchev–Trinajstić information content (AvgIpc) is 2.67. The largest absolute Gasteiger partial charge is 0.271 e. The maximum Gasteiger partial charge on any atom is 0.0253 e. The summed E-state index contributed by atoms with van der Waals surface area (Å²) in [6.45, 7) is 9.17. The molecule has 92 valence electrons. The van der Waals surface area contributed by atoms with E-state index in [0.29, 0.717) is 17.4 Å². The van der Waals surface area contributed by atoms with E-state index in [9.17, 15) is 0 Å². The second-order valence-corrected chi connectivity index (χ2v) is 6.48. The first kappa shape index (κ1) is 13.7. The first-order valence-corrected chi connectivity index (χ1v) is 6.85. The maximum absolute atomic E-state index is 5.63. The van der Waals surface area contributed by atoms with Gasteiger partial charge in [0.1, 0.15) is 0 Å². The highest BCUT2D eigenvalue weighted by atomic mass is 32.1. The van der Waals surface area contributed by atoms with E-state index in [1.807, 2.05) is 0 Å². The van der Waals surface area contributed by atoms with E-state index in [4.69, 9.17) is 5.84 Å². The van der Waals surface area contributed by atoms with Crippen molar-refractivity contribution in [2.24, 2.45) is 17.2 Å². The van der Waals surface area contributed by atoms with Crippen LogP contribution in [0.25, 0.3) is 0 Å². The smallest absolute Gasteiger partial charge is 0.0253 e. The van der Waals surface area contributed by atoms with Crippen molar-refractivity contribution >= 4 is 11.3 Å². The number of hydrazine groups is 1. The topological polar surface area (TPSA) is 38.0 Å². The van der Waals surface area contributed by atoms with Gasteiger partial charge in [-0.2, -0.15) is 11.3 Å². The van der Waals surface area contributed by atoms with Crippen molar-refractivity contribution in [1.82, 2.24) is 5.43 Å². The number of nitrogens with two attached hydrogens (primary N) is 1. The lowest BCUT2D eigenvalue weighted by molar-refractivity contribution is 0.222. The number of hydrogen-bond acceptors (Lipinski definition) is 3. The predicted octanol–water partition coefficient (Wildman–Crippen LogP) is 3.19. The fraction of sp³-hybridized carbons (Fsp3) is 0.692. The first-order chi connectivity index (χ1) is 7.43. The molecule has 16 heavy (non-hydrogen) atoms. The van der Waals surface area contributed by atoms with Gasteiger partial charge in [0.2, 0.25) is 0 Å². The Kier molecular flexibility index (Phi) is 4.96. The van der Waals surface area contributed by atoms with Gasteiger partial charge >= 0.3 is 0 Å². The summed E-state index contributed by atoms with van der Waals surface area (Å²) in [5.74, 6) is 6.29. The molecule has 2 atom stereocenters. The Labute approximate surface area is 103 Å². The van der Waals surface area contributed by atoms with Crippen molar-refractivity contribution < 1.29 is 0 Å². The molecule has 2 nitrogen and oxygen atoms in total. The normalized spacial score (nSPS) is 16.1. The molecule has 0 amide bonds. The number of rotatable bonds is 5. The average molecular weight is 240 g/mol. The number of nitrogens with one attached hydrogen (secondary N) is 1. The van der Waals surface area contributed by atoms with Crippen LogP contribution in [0.1, 0.15) is 39.7 Å². The van der Waals surface area contributed by atoms with Crippen LogP contribution < -0.4 is 11.3 Å². The molecule has 0 fully saturated rings. The fourth-order valence-corrected chi connectivity index (χ4v) is 2.37. The Morgan fingerprint density at radius 1 is 1.44 bits per heavy atom. The summed E-state index contributed by atoms with van der Waals surface area (Å²) in [4.78, 5) is 0. The molecule has 0 spiro atoms. The molecule has 0 saturated carbocycles. The van der Waals surface area contributed by atoms with E-state index < -0.39 is 0 Å². The fourth-order valence-electron chi connectivity index (χ4n) is 1.68. The molecule has 2 unspecified atom stereocenters. The van der Waals surface area contributed by atoms with Gasteiger partial charge in [0, 0.05) is 6.04 Å². The highest BCUT2D eigenvalue weighted by Gasteiger charge is 2.23. The van der Waals surface area contributed by atoms with Crippen LogP contribution in [0.15, 0.2) is 16.8 Å². The molecule has 3 heteroatoms. The zero-order chi connectivity index (χ0) is 12.2. The van der Waals surface area contributed by atoms with Crippen molar-refractivity contribution in [2.75, 3.05) is 0 Å². The molecule has 0 bridgehead atoms. The zero-order valence-electron chi connectivity index (χ0n) is 10.8. The van der Waals surface area contributed by atoms with Crippen LogP contribution in [-0.2, 0) is 6.42 Å². The number of hydrogen-bond donors (Lipinski definition) is 2. The molecule has 1 rings (SSSR count). The van der Waals surface area contributed by atoms with Gasteiger partial charge in [-0.25, -0.2) is 0 Å². The van der Waals surface area contributed by atoms with Crippen LogP contribution in [0.3, 0.4) is 0 Å². The van der Waals surface area contributed by atoms with Crippen molar-refractivity contribution in [3.8, 4) is 0 Å². The van der Waals surface area contributed by atoms with Gasteiger partial charge in [-0.15, -0.1) is 0 Å². The van der Waals surface area contributed by atoms with E-state index in [1.54, 1.807) is 11.3 Å². The van der Waals surface area contributed by atoms with Crippen LogP contribution in [0, 0.1) is 11.3 Å². The highest BCUT2D eigenvalue weighted by Crippen LogP contribution is 2.29. The lowest BCUT2D eigenvalue weighted by Crippen LogP contribution is -2.39. The van der Waals surface area contributed by atoms with Crippen molar-refractivity contribution in [1.29, 1.82) is 0 Å². The Balaban J connectivity index is 2.49. The van der Waals surface area contributed by atoms with Gasteiger partial charge in [-0.05, 0) is 46.6 Å². The van der Waals surface area contributed by atoms with Crippen LogP contribution >= 0.6 is 11.3 Å². The molecular formula is C13H24N2S. The van der Waals surface area contributed by atoms with E-state index in [2.05, 4.69) is 49.9 Å². The van der Waals surface area contributed by atoms with Crippen molar-refractivity contribution in [3.63, 3.8) is 0 Å². The van der Waals surface area contributed by atoms with Gasteiger partial charge in [-0.1, -0.05) is 27.7 Å². The lowest BCUT2D eigenvalue weighted by atomic mass is 9.78. The first-order valence-electron chi connectivity index (χ1n) is 5.90. The van der Waals surface area contributed by atoms with Crippen molar-refractivity contribution in [2.45, 2.75) is 46.6 Å². The molecule has 0 aromatic carbocycles. The molecule has 1 aromatic heterocycles. The Morgan fingerprint density at radius 3 is 2.56 bits per heavy atom. The summed E-state index contributed by atoms with van der Waals surface area (Å²) in [6, 6.07) is 2.56. The molecule has 0 aliphatic heterocycles. The molecule has 1 aromatic rings. The van der Waals surface area contributed by atoms with Gasteiger partial charge in [-0.3, -0.25) is 11.3 Å². The highest BCUT2D eigenvalue weighted by molar-refractivity contribution is 7.07. The minimum absolute atomic E-state index is 0.351. The molecule has 1 heterocycles. The van der Waals surface area contributed by atoms with E-state index in [0.717, 1.165) is 12.8 Å². The monoisotopic (exact) mass is 240 g/mol. The second-order valence-electron chi connectivity index (χ2n) is 5.70. The van der Waals surface area contributed by atoms with Crippen molar-refractivity contribution in [3.05, 3.63) is 22.4 Å². The zero-order valence-corrected chi connectivity index (χ0v) is 11.6. The standard InChI is InChI=1S/C13H24N2S/c1-10(13(2,3)4)7-12(15-14)8-11-5-6-16-9-11/h5-6,9-10,12,15H,7-8,14H2,1-4H3. The van der Waals surface area contributed by atoms with Gasteiger partial charge in [0.25, 0.3) is 0 Å². The van der Waals surface area contributed by atoms with Gasteiger partial charge < -0.3 is 0 Å². The quantitative estimate of drug-likeness (QED) is 0.613. The Bertz CT molecular complexity index is 287. The van der Waals surface area contributed by atoms with E-state index in [1.165, 1.54) is 5.56 Å². The molecule has 3 N–H and O–H groups in total. The molecule has 0 aliphatic carbocycles. The Morgan fingerprint density at radius 2 is 2.12 bits per heavy atom.